The third-order valence-corrected chi connectivity index (χ3v) is 3.58. The molecule has 3 fully saturated rings. The summed E-state index contributed by atoms with van der Waals surface area (Å²) in [7, 11) is 0. The Balaban J connectivity index is 1.89. The van der Waals surface area contributed by atoms with E-state index in [4.69, 9.17) is 0 Å². The number of ketones is 1. The summed E-state index contributed by atoms with van der Waals surface area (Å²) in [6, 6.07) is 6.54. The van der Waals surface area contributed by atoms with Crippen molar-refractivity contribution >= 4 is 5.78 Å². The number of benzene rings is 1. The van der Waals surface area contributed by atoms with Crippen LogP contribution in [0.25, 0.3) is 0 Å². The van der Waals surface area contributed by atoms with E-state index in [9.17, 15) is 9.18 Å². The third-order valence-electron chi connectivity index (χ3n) is 3.58. The van der Waals surface area contributed by atoms with E-state index in [-0.39, 0.29) is 17.3 Å². The minimum atomic E-state index is -0.395. The van der Waals surface area contributed by atoms with Crippen molar-refractivity contribution < 1.29 is 9.18 Å². The van der Waals surface area contributed by atoms with Crippen LogP contribution in [0.3, 0.4) is 0 Å². The van der Waals surface area contributed by atoms with E-state index in [1.165, 1.54) is 6.07 Å². The average Bonchev–Trinajstić information content (AvgIpc) is 2.79. The smallest absolute Gasteiger partial charge is 0.170 e. The predicted octanol–water partition coefficient (Wildman–Crippen LogP) is 1.62. The lowest BCUT2D eigenvalue weighted by Gasteiger charge is -2.33. The molecule has 1 N–H and O–H groups in total. The molecule has 2 nitrogen and oxygen atoms in total. The van der Waals surface area contributed by atoms with Crippen molar-refractivity contribution in [2.24, 2.45) is 11.8 Å². The number of rotatable bonds is 2. The summed E-state index contributed by atoms with van der Waals surface area (Å²) >= 11 is 0. The van der Waals surface area contributed by atoms with Gasteiger partial charge in [-0.15, -0.1) is 0 Å². The molecule has 0 radical (unpaired) electrons. The second-order valence-corrected chi connectivity index (χ2v) is 4.38. The van der Waals surface area contributed by atoms with Crippen LogP contribution in [0, 0.1) is 17.7 Å². The maximum atomic E-state index is 13.4. The molecule has 2 saturated heterocycles. The highest BCUT2D eigenvalue weighted by Gasteiger charge is 2.50. The first-order valence-electron chi connectivity index (χ1n) is 5.29. The molecule has 2 aliphatic heterocycles. The maximum absolute atomic E-state index is 13.4. The quantitative estimate of drug-likeness (QED) is 0.743. The largest absolute Gasteiger partial charge is 0.313 e. The summed E-state index contributed by atoms with van der Waals surface area (Å²) < 4.78 is 13.4. The highest BCUT2D eigenvalue weighted by atomic mass is 19.1. The summed E-state index contributed by atoms with van der Waals surface area (Å²) in [5.41, 5.74) is 0.251. The number of Topliss-reactive ketones (excluding diaryl/α,β-unsaturated/α-hetero) is 1. The van der Waals surface area contributed by atoms with Crippen LogP contribution in [-0.2, 0) is 0 Å². The van der Waals surface area contributed by atoms with E-state index in [0.29, 0.717) is 12.0 Å². The highest BCUT2D eigenvalue weighted by Crippen LogP contribution is 2.42. The molecule has 3 aliphatic rings. The molecule has 2 bridgehead atoms. The van der Waals surface area contributed by atoms with Gasteiger partial charge in [-0.1, -0.05) is 12.1 Å². The molecule has 0 spiro atoms. The predicted molar refractivity (Wildman–Crippen MR) is 54.1 cm³/mol. The van der Waals surface area contributed by atoms with E-state index in [1.807, 2.05) is 0 Å². The molecule has 0 amide bonds. The van der Waals surface area contributed by atoms with Crippen molar-refractivity contribution in [3.63, 3.8) is 0 Å². The molecule has 1 aromatic carbocycles. The standard InChI is InChI=1S/C12H12FNO/c13-9-4-2-1-3-8(9)12(15)11-7-5-10(11)14-6-7/h1-4,7,10-11,14H,5-6H2. The molecule has 1 aliphatic carbocycles. The Morgan fingerprint density at radius 1 is 1.40 bits per heavy atom. The SMILES string of the molecule is O=C(c1ccccc1F)C1C2CNC1C2. The molecule has 1 aromatic rings. The van der Waals surface area contributed by atoms with Crippen molar-refractivity contribution in [3.8, 4) is 0 Å². The summed E-state index contributed by atoms with van der Waals surface area (Å²) in [6.45, 7) is 0.912. The third kappa shape index (κ3) is 1.23. The Hall–Kier alpha value is -1.22. The Morgan fingerprint density at radius 3 is 2.80 bits per heavy atom. The van der Waals surface area contributed by atoms with Crippen LogP contribution < -0.4 is 5.32 Å². The zero-order valence-electron chi connectivity index (χ0n) is 8.24. The molecular formula is C12H12FNO. The van der Waals surface area contributed by atoms with Crippen molar-refractivity contribution in [1.82, 2.24) is 5.32 Å². The van der Waals surface area contributed by atoms with Gasteiger partial charge in [0.1, 0.15) is 5.82 Å². The summed E-state index contributed by atoms with van der Waals surface area (Å²) in [5, 5.41) is 3.27. The van der Waals surface area contributed by atoms with Gasteiger partial charge < -0.3 is 5.32 Å². The lowest BCUT2D eigenvalue weighted by Crippen LogP contribution is -2.42. The van der Waals surface area contributed by atoms with Crippen LogP contribution in [0.1, 0.15) is 16.8 Å². The fourth-order valence-electron chi connectivity index (χ4n) is 2.71. The normalized spacial score (nSPS) is 32.5. The first-order chi connectivity index (χ1) is 7.27. The van der Waals surface area contributed by atoms with Gasteiger partial charge in [-0.05, 0) is 31.0 Å². The fourth-order valence-corrected chi connectivity index (χ4v) is 2.71. The van der Waals surface area contributed by atoms with Gasteiger partial charge >= 0.3 is 0 Å². The van der Waals surface area contributed by atoms with Crippen molar-refractivity contribution in [3.05, 3.63) is 35.6 Å². The molecule has 0 aromatic heterocycles. The minimum Gasteiger partial charge on any atom is -0.313 e. The van der Waals surface area contributed by atoms with Crippen molar-refractivity contribution in [1.29, 1.82) is 0 Å². The van der Waals surface area contributed by atoms with Gasteiger partial charge in [0.2, 0.25) is 0 Å². The zero-order chi connectivity index (χ0) is 10.4. The molecular weight excluding hydrogens is 193 g/mol. The van der Waals surface area contributed by atoms with Gasteiger partial charge in [0.15, 0.2) is 5.78 Å². The van der Waals surface area contributed by atoms with Crippen molar-refractivity contribution in [2.45, 2.75) is 12.5 Å². The second kappa shape index (κ2) is 3.14. The zero-order valence-corrected chi connectivity index (χ0v) is 8.24. The Bertz CT molecular complexity index is 404. The monoisotopic (exact) mass is 205 g/mol. The van der Waals surface area contributed by atoms with Crippen molar-refractivity contribution in [2.75, 3.05) is 6.54 Å². The van der Waals surface area contributed by atoms with Crippen LogP contribution in [-0.4, -0.2) is 18.4 Å². The molecule has 1 saturated carbocycles. The van der Waals surface area contributed by atoms with Crippen LogP contribution in [0.5, 0.6) is 0 Å². The van der Waals surface area contributed by atoms with Gasteiger partial charge in [0.05, 0.1) is 5.56 Å². The molecule has 15 heavy (non-hydrogen) atoms. The van der Waals surface area contributed by atoms with E-state index < -0.39 is 5.82 Å². The van der Waals surface area contributed by atoms with Crippen LogP contribution in [0.4, 0.5) is 4.39 Å². The summed E-state index contributed by atoms with van der Waals surface area (Å²) in [6.07, 6.45) is 1.07. The van der Waals surface area contributed by atoms with Crippen LogP contribution in [0.2, 0.25) is 0 Å². The van der Waals surface area contributed by atoms with Gasteiger partial charge in [0, 0.05) is 12.0 Å². The number of halogens is 1. The number of hydrogen-bond acceptors (Lipinski definition) is 2. The lowest BCUT2D eigenvalue weighted by molar-refractivity contribution is 0.0780. The molecule has 4 rings (SSSR count). The molecule has 3 heteroatoms. The summed E-state index contributed by atoms with van der Waals surface area (Å²) in [5.74, 6) is 0.0251. The first kappa shape index (κ1) is 9.04. The van der Waals surface area contributed by atoms with Gasteiger partial charge in [-0.3, -0.25) is 4.79 Å². The average molecular weight is 205 g/mol. The molecule has 78 valence electrons. The highest BCUT2D eigenvalue weighted by molar-refractivity contribution is 5.99. The fraction of sp³-hybridized carbons (Fsp3) is 0.417. The van der Waals surface area contributed by atoms with Gasteiger partial charge in [-0.2, -0.15) is 0 Å². The Morgan fingerprint density at radius 2 is 2.20 bits per heavy atom. The van der Waals surface area contributed by atoms with E-state index in [0.717, 1.165) is 13.0 Å². The minimum absolute atomic E-state index is 0.0156. The topological polar surface area (TPSA) is 29.1 Å². The summed E-state index contributed by atoms with van der Waals surface area (Å²) in [4.78, 5) is 12.0. The van der Waals surface area contributed by atoms with Gasteiger partial charge in [-0.25, -0.2) is 4.39 Å². The number of fused-ring (bicyclic) bond motifs is 1. The van der Waals surface area contributed by atoms with Crippen LogP contribution in [0.15, 0.2) is 24.3 Å². The Kier molecular flexibility index (Phi) is 1.89. The second-order valence-electron chi connectivity index (χ2n) is 4.38. The maximum Gasteiger partial charge on any atom is 0.170 e. The molecule has 3 atom stereocenters. The van der Waals surface area contributed by atoms with Crippen LogP contribution >= 0.6 is 0 Å². The van der Waals surface area contributed by atoms with E-state index in [1.54, 1.807) is 18.2 Å². The number of hydrogen-bond donors (Lipinski definition) is 1. The lowest BCUT2D eigenvalue weighted by atomic mass is 9.70. The van der Waals surface area contributed by atoms with E-state index >= 15 is 0 Å². The Labute approximate surface area is 87.5 Å². The molecule has 2 heterocycles. The number of nitrogens with one attached hydrogen (secondary N) is 1. The number of carbonyl (C=O) groups is 1. The first-order valence-corrected chi connectivity index (χ1v) is 5.29. The van der Waals surface area contributed by atoms with Gasteiger partial charge in [0.25, 0.3) is 0 Å². The number of carbonyl (C=O) groups excluding carboxylic acids is 1. The molecule has 3 unspecified atom stereocenters. The van der Waals surface area contributed by atoms with E-state index in [2.05, 4.69) is 5.32 Å².